The summed E-state index contributed by atoms with van der Waals surface area (Å²) in [5.41, 5.74) is 0.735. The molecule has 21 heavy (non-hydrogen) atoms. The average molecular weight is 294 g/mol. The lowest BCUT2D eigenvalue weighted by molar-refractivity contribution is -0.147. The summed E-state index contributed by atoms with van der Waals surface area (Å²) in [4.78, 5) is 39.7. The third kappa shape index (κ3) is 2.84. The second-order valence-electron chi connectivity index (χ2n) is 5.62. The van der Waals surface area contributed by atoms with Gasteiger partial charge in [0, 0.05) is 18.3 Å². The highest BCUT2D eigenvalue weighted by Crippen LogP contribution is 2.24. The van der Waals surface area contributed by atoms with Gasteiger partial charge in [-0.1, -0.05) is 6.92 Å². The summed E-state index contributed by atoms with van der Waals surface area (Å²) in [7, 11) is 1.44. The van der Waals surface area contributed by atoms with Crippen molar-refractivity contribution >= 4 is 17.7 Å². The van der Waals surface area contributed by atoms with E-state index in [0.29, 0.717) is 23.2 Å². The number of carboxylic acids is 1. The monoisotopic (exact) mass is 294 g/mol. The second kappa shape index (κ2) is 5.71. The number of nitrogens with zero attached hydrogens (tertiary/aromatic N) is 1. The molecule has 0 saturated carbocycles. The van der Waals surface area contributed by atoms with Crippen LogP contribution in [0.2, 0.25) is 0 Å². The summed E-state index contributed by atoms with van der Waals surface area (Å²) >= 11 is 0. The summed E-state index contributed by atoms with van der Waals surface area (Å²) < 4.78 is 0. The zero-order valence-electron chi connectivity index (χ0n) is 13.3. The average Bonchev–Trinajstić information content (AvgIpc) is 2.73. The van der Waals surface area contributed by atoms with Crippen molar-refractivity contribution in [3.8, 4) is 0 Å². The molecule has 6 nitrogen and oxygen atoms in total. The number of aliphatic carboxylic acids is 1. The SMILES string of the molecule is CCc1c(C(=O)N(C)C(C)(C)C(=O)O)[nH]c(C)c1C(C)=O. The van der Waals surface area contributed by atoms with Gasteiger partial charge in [-0.2, -0.15) is 0 Å². The fraction of sp³-hybridized carbons (Fsp3) is 0.533. The Balaban J connectivity index is 3.35. The van der Waals surface area contributed by atoms with E-state index in [1.54, 1.807) is 6.92 Å². The van der Waals surface area contributed by atoms with Gasteiger partial charge in [0.1, 0.15) is 11.2 Å². The van der Waals surface area contributed by atoms with Crippen LogP contribution in [0, 0.1) is 6.92 Å². The van der Waals surface area contributed by atoms with Gasteiger partial charge in [-0.3, -0.25) is 9.59 Å². The predicted octanol–water partition coefficient (Wildman–Crippen LogP) is 2.02. The van der Waals surface area contributed by atoms with E-state index in [2.05, 4.69) is 4.98 Å². The molecule has 1 aromatic heterocycles. The van der Waals surface area contributed by atoms with Crippen LogP contribution < -0.4 is 0 Å². The van der Waals surface area contributed by atoms with E-state index in [1.165, 1.54) is 32.7 Å². The Kier molecular flexibility index (Phi) is 4.61. The molecule has 0 atom stereocenters. The number of carboxylic acid groups (broad SMARTS) is 1. The molecule has 116 valence electrons. The molecular weight excluding hydrogens is 272 g/mol. The van der Waals surface area contributed by atoms with Gasteiger partial charge in [0.15, 0.2) is 5.78 Å². The van der Waals surface area contributed by atoms with Gasteiger partial charge in [0.05, 0.1) is 0 Å². The Hall–Kier alpha value is -2.11. The van der Waals surface area contributed by atoms with Gasteiger partial charge in [-0.25, -0.2) is 4.79 Å². The molecule has 0 saturated heterocycles. The van der Waals surface area contributed by atoms with Gasteiger partial charge in [0.25, 0.3) is 5.91 Å². The molecule has 6 heteroatoms. The van der Waals surface area contributed by atoms with E-state index >= 15 is 0 Å². The van der Waals surface area contributed by atoms with Gasteiger partial charge < -0.3 is 15.0 Å². The minimum Gasteiger partial charge on any atom is -0.480 e. The fourth-order valence-corrected chi connectivity index (χ4v) is 2.25. The van der Waals surface area contributed by atoms with Crippen molar-refractivity contribution < 1.29 is 19.5 Å². The highest BCUT2D eigenvalue weighted by Gasteiger charge is 2.37. The number of amides is 1. The number of carbonyl (C=O) groups excluding carboxylic acids is 2. The third-order valence-corrected chi connectivity index (χ3v) is 3.88. The molecule has 0 radical (unpaired) electrons. The van der Waals surface area contributed by atoms with E-state index in [4.69, 9.17) is 0 Å². The first-order valence-corrected chi connectivity index (χ1v) is 6.79. The molecule has 0 aromatic carbocycles. The third-order valence-electron chi connectivity index (χ3n) is 3.88. The number of nitrogens with one attached hydrogen (secondary N) is 1. The Bertz CT molecular complexity index is 599. The molecule has 0 unspecified atom stereocenters. The molecule has 0 fully saturated rings. The van der Waals surface area contributed by atoms with Crippen molar-refractivity contribution in [3.05, 3.63) is 22.5 Å². The van der Waals surface area contributed by atoms with Crippen LogP contribution in [0.15, 0.2) is 0 Å². The van der Waals surface area contributed by atoms with Crippen molar-refractivity contribution in [1.29, 1.82) is 0 Å². The second-order valence-corrected chi connectivity index (χ2v) is 5.62. The van der Waals surface area contributed by atoms with Gasteiger partial charge in [0.2, 0.25) is 0 Å². The highest BCUT2D eigenvalue weighted by atomic mass is 16.4. The van der Waals surface area contributed by atoms with Crippen LogP contribution in [0.1, 0.15) is 59.8 Å². The maximum absolute atomic E-state index is 12.6. The quantitative estimate of drug-likeness (QED) is 0.813. The molecule has 0 aliphatic rings. The van der Waals surface area contributed by atoms with Crippen molar-refractivity contribution in [2.75, 3.05) is 7.05 Å². The number of likely N-dealkylation sites (N-methyl/N-ethyl adjacent to an activating group) is 1. The maximum atomic E-state index is 12.6. The summed E-state index contributed by atoms with van der Waals surface area (Å²) in [6.45, 7) is 7.96. The molecule has 0 aliphatic carbocycles. The fourth-order valence-electron chi connectivity index (χ4n) is 2.25. The Morgan fingerprint density at radius 1 is 1.29 bits per heavy atom. The number of aromatic nitrogens is 1. The van der Waals surface area contributed by atoms with E-state index in [0.717, 1.165) is 0 Å². The van der Waals surface area contributed by atoms with Gasteiger partial charge in [-0.15, -0.1) is 0 Å². The van der Waals surface area contributed by atoms with E-state index in [-0.39, 0.29) is 11.5 Å². The highest BCUT2D eigenvalue weighted by molar-refractivity contribution is 6.03. The Morgan fingerprint density at radius 2 is 1.81 bits per heavy atom. The van der Waals surface area contributed by atoms with Crippen LogP contribution in [0.5, 0.6) is 0 Å². The van der Waals surface area contributed by atoms with Crippen LogP contribution in [0.25, 0.3) is 0 Å². The minimum absolute atomic E-state index is 0.111. The summed E-state index contributed by atoms with van der Waals surface area (Å²) in [6.07, 6.45) is 0.516. The predicted molar refractivity (Wildman–Crippen MR) is 78.7 cm³/mol. The molecule has 1 aromatic rings. The molecular formula is C15H22N2O4. The topological polar surface area (TPSA) is 90.5 Å². The largest absolute Gasteiger partial charge is 0.480 e. The number of carbonyl (C=O) groups is 3. The minimum atomic E-state index is -1.34. The lowest BCUT2D eigenvalue weighted by Gasteiger charge is -2.31. The summed E-state index contributed by atoms with van der Waals surface area (Å²) in [5, 5.41) is 9.22. The van der Waals surface area contributed by atoms with E-state index in [1.807, 2.05) is 6.92 Å². The van der Waals surface area contributed by atoms with E-state index in [9.17, 15) is 19.5 Å². The van der Waals surface area contributed by atoms with Crippen LogP contribution in [0.4, 0.5) is 0 Å². The zero-order valence-corrected chi connectivity index (χ0v) is 13.3. The van der Waals surface area contributed by atoms with Crippen molar-refractivity contribution in [3.63, 3.8) is 0 Å². The standard InChI is InChI=1S/C15H22N2O4/c1-7-10-11(9(3)18)8(2)16-12(10)13(19)17(6)15(4,5)14(20)21/h16H,7H2,1-6H3,(H,20,21). The first-order valence-electron chi connectivity index (χ1n) is 6.79. The van der Waals surface area contributed by atoms with Crippen molar-refractivity contribution in [1.82, 2.24) is 9.88 Å². The Labute approximate surface area is 124 Å². The number of aryl methyl sites for hydroxylation is 1. The molecule has 2 N–H and O–H groups in total. The van der Waals surface area contributed by atoms with Crippen LogP contribution in [0.3, 0.4) is 0 Å². The number of hydrogen-bond donors (Lipinski definition) is 2. The lowest BCUT2D eigenvalue weighted by atomic mass is 10.00. The molecule has 0 spiro atoms. The molecule has 1 rings (SSSR count). The number of hydrogen-bond acceptors (Lipinski definition) is 3. The smallest absolute Gasteiger partial charge is 0.329 e. The maximum Gasteiger partial charge on any atom is 0.329 e. The summed E-state index contributed by atoms with van der Waals surface area (Å²) in [5.74, 6) is -1.64. The van der Waals surface area contributed by atoms with E-state index < -0.39 is 17.4 Å². The van der Waals surface area contributed by atoms with Crippen LogP contribution in [-0.4, -0.2) is 45.2 Å². The van der Waals surface area contributed by atoms with Crippen molar-refractivity contribution in [2.24, 2.45) is 0 Å². The summed E-state index contributed by atoms with van der Waals surface area (Å²) in [6, 6.07) is 0. The first-order chi connectivity index (χ1) is 9.55. The number of rotatable bonds is 5. The molecule has 0 bridgehead atoms. The number of H-pyrrole nitrogens is 1. The molecule has 1 heterocycles. The Morgan fingerprint density at radius 3 is 2.19 bits per heavy atom. The molecule has 0 aliphatic heterocycles. The van der Waals surface area contributed by atoms with Crippen molar-refractivity contribution in [2.45, 2.75) is 46.6 Å². The number of Topliss-reactive ketones (excluding diaryl/α,β-unsaturated/α-hetero) is 1. The molecule has 1 amide bonds. The first kappa shape index (κ1) is 16.9. The normalized spacial score (nSPS) is 11.3. The van der Waals surface area contributed by atoms with Crippen LogP contribution >= 0.6 is 0 Å². The lowest BCUT2D eigenvalue weighted by Crippen LogP contribution is -2.51. The zero-order chi connectivity index (χ0) is 16.5. The number of ketones is 1. The van der Waals surface area contributed by atoms with Crippen LogP contribution in [-0.2, 0) is 11.2 Å². The van der Waals surface area contributed by atoms with Gasteiger partial charge >= 0.3 is 5.97 Å². The van der Waals surface area contributed by atoms with Gasteiger partial charge in [-0.05, 0) is 39.7 Å². The number of aromatic amines is 1.